The highest BCUT2D eigenvalue weighted by Crippen LogP contribution is 2.30. The fourth-order valence-electron chi connectivity index (χ4n) is 1.67. The predicted molar refractivity (Wildman–Crippen MR) is 84.4 cm³/mol. The molecule has 1 amide bonds. The number of carbonyl (C=O) groups excluding carboxylic acids is 1. The average Bonchev–Trinajstić information content (AvgIpc) is 2.49. The van der Waals surface area contributed by atoms with Gasteiger partial charge >= 0.3 is 0 Å². The van der Waals surface area contributed by atoms with Crippen molar-refractivity contribution in [3.05, 3.63) is 45.7 Å². The number of methoxy groups -OCH3 is 2. The molecule has 1 heterocycles. The molecular formula is C14H12BrClN2O3. The van der Waals surface area contributed by atoms with Gasteiger partial charge in [-0.3, -0.25) is 4.79 Å². The van der Waals surface area contributed by atoms with Crippen molar-refractivity contribution in [2.45, 2.75) is 0 Å². The largest absolute Gasteiger partial charge is 0.497 e. The van der Waals surface area contributed by atoms with E-state index in [0.29, 0.717) is 21.7 Å². The molecule has 5 nitrogen and oxygen atoms in total. The summed E-state index contributed by atoms with van der Waals surface area (Å²) in [4.78, 5) is 16.2. The lowest BCUT2D eigenvalue weighted by molar-refractivity contribution is 0.102. The van der Waals surface area contributed by atoms with Gasteiger partial charge in [0.2, 0.25) is 0 Å². The SMILES string of the molecule is COc1ccc(NC(=O)c2cc(Br)cnc2Cl)c(OC)c1. The van der Waals surface area contributed by atoms with Crippen LogP contribution in [0.1, 0.15) is 10.4 Å². The number of halogens is 2. The van der Waals surface area contributed by atoms with Crippen molar-refractivity contribution in [2.24, 2.45) is 0 Å². The molecule has 7 heteroatoms. The van der Waals surface area contributed by atoms with E-state index in [-0.39, 0.29) is 16.6 Å². The molecule has 1 N–H and O–H groups in total. The molecule has 0 aliphatic heterocycles. The Balaban J connectivity index is 2.29. The summed E-state index contributed by atoms with van der Waals surface area (Å²) in [6.07, 6.45) is 1.52. The molecule has 0 aliphatic carbocycles. The van der Waals surface area contributed by atoms with Crippen LogP contribution in [0.3, 0.4) is 0 Å². The first-order valence-corrected chi connectivity index (χ1v) is 7.06. The second kappa shape index (κ2) is 6.78. The molecule has 2 rings (SSSR count). The summed E-state index contributed by atoms with van der Waals surface area (Å²) in [5.74, 6) is 0.742. The van der Waals surface area contributed by atoms with Crippen molar-refractivity contribution < 1.29 is 14.3 Å². The maximum Gasteiger partial charge on any atom is 0.258 e. The summed E-state index contributed by atoms with van der Waals surface area (Å²) in [7, 11) is 3.07. The van der Waals surface area contributed by atoms with Gasteiger partial charge in [-0.1, -0.05) is 11.6 Å². The first kappa shape index (κ1) is 15.6. The van der Waals surface area contributed by atoms with Gasteiger partial charge in [-0.05, 0) is 34.1 Å². The molecule has 0 fully saturated rings. The van der Waals surface area contributed by atoms with Gasteiger partial charge in [-0.15, -0.1) is 0 Å². The molecular weight excluding hydrogens is 360 g/mol. The van der Waals surface area contributed by atoms with E-state index >= 15 is 0 Å². The summed E-state index contributed by atoms with van der Waals surface area (Å²) in [5, 5.41) is 2.86. The van der Waals surface area contributed by atoms with Gasteiger partial charge in [0.1, 0.15) is 16.7 Å². The maximum atomic E-state index is 12.3. The number of pyridine rings is 1. The van der Waals surface area contributed by atoms with Crippen LogP contribution in [-0.2, 0) is 0 Å². The number of amides is 1. The minimum Gasteiger partial charge on any atom is -0.497 e. The van der Waals surface area contributed by atoms with Gasteiger partial charge in [0, 0.05) is 16.7 Å². The highest BCUT2D eigenvalue weighted by Gasteiger charge is 2.15. The Morgan fingerprint density at radius 2 is 2.05 bits per heavy atom. The molecule has 1 aromatic carbocycles. The summed E-state index contributed by atoms with van der Waals surface area (Å²) >= 11 is 9.19. The second-order valence-electron chi connectivity index (χ2n) is 4.01. The van der Waals surface area contributed by atoms with Crippen LogP contribution >= 0.6 is 27.5 Å². The molecule has 0 radical (unpaired) electrons. The number of anilines is 1. The summed E-state index contributed by atoms with van der Waals surface area (Å²) in [6.45, 7) is 0. The zero-order valence-electron chi connectivity index (χ0n) is 11.3. The normalized spacial score (nSPS) is 10.1. The van der Waals surface area contributed by atoms with Crippen LogP contribution < -0.4 is 14.8 Å². The molecule has 2 aromatic rings. The summed E-state index contributed by atoms with van der Waals surface area (Å²) in [6, 6.07) is 6.69. The number of benzene rings is 1. The topological polar surface area (TPSA) is 60.5 Å². The van der Waals surface area contributed by atoms with Crippen LogP contribution in [-0.4, -0.2) is 25.1 Å². The number of ether oxygens (including phenoxy) is 2. The van der Waals surface area contributed by atoms with Crippen molar-refractivity contribution in [2.75, 3.05) is 19.5 Å². The van der Waals surface area contributed by atoms with E-state index in [1.54, 1.807) is 31.4 Å². The van der Waals surface area contributed by atoms with Crippen LogP contribution in [0.4, 0.5) is 5.69 Å². The highest BCUT2D eigenvalue weighted by atomic mass is 79.9. The molecule has 110 valence electrons. The van der Waals surface area contributed by atoms with Crippen molar-refractivity contribution in [1.82, 2.24) is 4.98 Å². The molecule has 0 atom stereocenters. The Kier molecular flexibility index (Phi) is 5.03. The number of rotatable bonds is 4. The monoisotopic (exact) mass is 370 g/mol. The van der Waals surface area contributed by atoms with Crippen LogP contribution in [0.2, 0.25) is 5.15 Å². The quantitative estimate of drug-likeness (QED) is 0.831. The van der Waals surface area contributed by atoms with Crippen LogP contribution in [0.25, 0.3) is 0 Å². The van der Waals surface area contributed by atoms with Crippen LogP contribution in [0, 0.1) is 0 Å². The number of hydrogen-bond acceptors (Lipinski definition) is 4. The molecule has 21 heavy (non-hydrogen) atoms. The van der Waals surface area contributed by atoms with Gasteiger partial charge in [0.15, 0.2) is 0 Å². The van der Waals surface area contributed by atoms with E-state index in [1.165, 1.54) is 13.3 Å². The molecule has 1 aromatic heterocycles. The Morgan fingerprint density at radius 1 is 1.29 bits per heavy atom. The van der Waals surface area contributed by atoms with E-state index < -0.39 is 0 Å². The number of nitrogens with one attached hydrogen (secondary N) is 1. The molecule has 0 saturated carbocycles. The molecule has 0 spiro atoms. The Morgan fingerprint density at radius 3 is 2.71 bits per heavy atom. The maximum absolute atomic E-state index is 12.3. The molecule has 0 aliphatic rings. The fraction of sp³-hybridized carbons (Fsp3) is 0.143. The Labute approximate surface area is 135 Å². The minimum atomic E-state index is -0.378. The van der Waals surface area contributed by atoms with E-state index in [2.05, 4.69) is 26.2 Å². The number of carbonyl (C=O) groups is 1. The van der Waals surface area contributed by atoms with E-state index in [1.807, 2.05) is 0 Å². The third-order valence-electron chi connectivity index (χ3n) is 2.71. The van der Waals surface area contributed by atoms with Gasteiger partial charge in [0.05, 0.1) is 25.5 Å². The Bertz CT molecular complexity index is 679. The van der Waals surface area contributed by atoms with Crippen molar-refractivity contribution in [3.8, 4) is 11.5 Å². The summed E-state index contributed by atoms with van der Waals surface area (Å²) < 4.78 is 11.0. The van der Waals surface area contributed by atoms with Crippen molar-refractivity contribution >= 4 is 39.1 Å². The zero-order valence-corrected chi connectivity index (χ0v) is 13.7. The minimum absolute atomic E-state index is 0.128. The van der Waals surface area contributed by atoms with Gasteiger partial charge < -0.3 is 14.8 Å². The number of aromatic nitrogens is 1. The van der Waals surface area contributed by atoms with E-state index in [9.17, 15) is 4.79 Å². The highest BCUT2D eigenvalue weighted by molar-refractivity contribution is 9.10. The van der Waals surface area contributed by atoms with Gasteiger partial charge in [0.25, 0.3) is 5.91 Å². The van der Waals surface area contributed by atoms with Gasteiger partial charge in [-0.2, -0.15) is 0 Å². The van der Waals surface area contributed by atoms with E-state index in [0.717, 1.165) is 0 Å². The van der Waals surface area contributed by atoms with Crippen LogP contribution in [0.5, 0.6) is 11.5 Å². The van der Waals surface area contributed by atoms with Crippen molar-refractivity contribution in [1.29, 1.82) is 0 Å². The van der Waals surface area contributed by atoms with E-state index in [4.69, 9.17) is 21.1 Å². The lowest BCUT2D eigenvalue weighted by Gasteiger charge is -2.12. The second-order valence-corrected chi connectivity index (χ2v) is 5.29. The standard InChI is InChI=1S/C14H12BrClN2O3/c1-20-9-3-4-11(12(6-9)21-2)18-14(19)10-5-8(15)7-17-13(10)16/h3-7H,1-2H3,(H,18,19). The lowest BCUT2D eigenvalue weighted by atomic mass is 10.2. The molecule has 0 bridgehead atoms. The first-order chi connectivity index (χ1) is 10.0. The first-order valence-electron chi connectivity index (χ1n) is 5.89. The third-order valence-corrected chi connectivity index (χ3v) is 3.44. The third kappa shape index (κ3) is 3.65. The summed E-state index contributed by atoms with van der Waals surface area (Å²) in [5.41, 5.74) is 0.781. The van der Waals surface area contributed by atoms with Gasteiger partial charge in [-0.25, -0.2) is 4.98 Å². The number of nitrogens with zero attached hydrogens (tertiary/aromatic N) is 1. The average molecular weight is 372 g/mol. The predicted octanol–water partition coefficient (Wildman–Crippen LogP) is 3.77. The molecule has 0 saturated heterocycles. The Hall–Kier alpha value is -1.79. The van der Waals surface area contributed by atoms with Crippen molar-refractivity contribution in [3.63, 3.8) is 0 Å². The molecule has 0 unspecified atom stereocenters. The number of hydrogen-bond donors (Lipinski definition) is 1. The lowest BCUT2D eigenvalue weighted by Crippen LogP contribution is -2.13. The fourth-order valence-corrected chi connectivity index (χ4v) is 2.19. The smallest absolute Gasteiger partial charge is 0.258 e. The van der Waals surface area contributed by atoms with Crippen LogP contribution in [0.15, 0.2) is 34.9 Å². The zero-order chi connectivity index (χ0) is 15.4.